The molecular weight excluding hydrogens is 504 g/mol. The van der Waals surface area contributed by atoms with Gasteiger partial charge in [-0.1, -0.05) is 31.5 Å². The molecule has 0 bridgehead atoms. The molecule has 0 aliphatic rings. The van der Waals surface area contributed by atoms with Crippen LogP contribution in [0.4, 0.5) is 11.4 Å². The second kappa shape index (κ2) is 11.8. The SMILES string of the molecule is CCCCOC(=O)c1ccc(NC(=O)Cn2cnc3sc(C(=O)Nc4ccccc4C)c(C)c3c2=O)cc1. The highest BCUT2D eigenvalue weighted by Crippen LogP contribution is 2.28. The number of nitrogens with zero attached hydrogens (tertiary/aromatic N) is 2. The first-order chi connectivity index (χ1) is 18.3. The lowest BCUT2D eigenvalue weighted by Gasteiger charge is -2.09. The number of hydrogen-bond donors (Lipinski definition) is 2. The quantitative estimate of drug-likeness (QED) is 0.233. The van der Waals surface area contributed by atoms with Crippen LogP contribution in [0.1, 0.15) is 50.9 Å². The molecule has 2 aromatic carbocycles. The molecule has 9 nitrogen and oxygen atoms in total. The van der Waals surface area contributed by atoms with E-state index in [0.29, 0.717) is 44.2 Å². The average molecular weight is 533 g/mol. The van der Waals surface area contributed by atoms with E-state index in [1.165, 1.54) is 10.9 Å². The Morgan fingerprint density at radius 2 is 1.76 bits per heavy atom. The van der Waals surface area contributed by atoms with Crippen molar-refractivity contribution in [1.82, 2.24) is 9.55 Å². The van der Waals surface area contributed by atoms with Gasteiger partial charge in [0.1, 0.15) is 11.4 Å². The molecule has 10 heteroatoms. The number of nitrogens with one attached hydrogen (secondary N) is 2. The van der Waals surface area contributed by atoms with Gasteiger partial charge in [0.2, 0.25) is 5.91 Å². The number of fused-ring (bicyclic) bond motifs is 1. The van der Waals surface area contributed by atoms with Crippen LogP contribution in [0.15, 0.2) is 59.7 Å². The van der Waals surface area contributed by atoms with Gasteiger partial charge in [-0.05, 0) is 61.7 Å². The maximum Gasteiger partial charge on any atom is 0.338 e. The maximum absolute atomic E-state index is 13.2. The molecule has 0 spiro atoms. The molecule has 0 aliphatic heterocycles. The number of carbonyl (C=O) groups excluding carboxylic acids is 3. The topological polar surface area (TPSA) is 119 Å². The predicted octanol–water partition coefficient (Wildman–Crippen LogP) is 4.92. The van der Waals surface area contributed by atoms with Crippen LogP contribution in [-0.2, 0) is 16.1 Å². The van der Waals surface area contributed by atoms with Crippen molar-refractivity contribution in [2.45, 2.75) is 40.2 Å². The van der Waals surface area contributed by atoms with Crippen LogP contribution in [-0.4, -0.2) is 33.9 Å². The molecule has 0 fully saturated rings. The van der Waals surface area contributed by atoms with Gasteiger partial charge in [0.05, 0.1) is 28.8 Å². The van der Waals surface area contributed by atoms with E-state index < -0.39 is 17.4 Å². The van der Waals surface area contributed by atoms with E-state index in [-0.39, 0.29) is 12.5 Å². The Balaban J connectivity index is 1.46. The number of rotatable bonds is 9. The van der Waals surface area contributed by atoms with Gasteiger partial charge in [0.15, 0.2) is 0 Å². The summed E-state index contributed by atoms with van der Waals surface area (Å²) in [6.07, 6.45) is 3.03. The number of aromatic nitrogens is 2. The number of thiophene rings is 1. The summed E-state index contributed by atoms with van der Waals surface area (Å²) in [6, 6.07) is 13.8. The Labute approximate surface area is 223 Å². The highest BCUT2D eigenvalue weighted by atomic mass is 32.1. The molecular formula is C28H28N4O5S. The predicted molar refractivity (Wildman–Crippen MR) is 148 cm³/mol. The fourth-order valence-corrected chi connectivity index (χ4v) is 4.85. The van der Waals surface area contributed by atoms with Crippen LogP contribution in [0.3, 0.4) is 0 Å². The highest BCUT2D eigenvalue weighted by molar-refractivity contribution is 7.20. The van der Waals surface area contributed by atoms with Crippen LogP contribution in [0.2, 0.25) is 0 Å². The van der Waals surface area contributed by atoms with E-state index in [1.54, 1.807) is 31.2 Å². The number of anilines is 2. The molecule has 4 aromatic rings. The summed E-state index contributed by atoms with van der Waals surface area (Å²) in [5.41, 5.74) is 2.60. The third-order valence-corrected chi connectivity index (χ3v) is 7.16. The molecule has 0 atom stereocenters. The van der Waals surface area contributed by atoms with Gasteiger partial charge in [-0.3, -0.25) is 19.0 Å². The Morgan fingerprint density at radius 1 is 1.03 bits per heavy atom. The lowest BCUT2D eigenvalue weighted by Crippen LogP contribution is -2.28. The zero-order valence-electron chi connectivity index (χ0n) is 21.4. The second-order valence-electron chi connectivity index (χ2n) is 8.80. The van der Waals surface area contributed by atoms with Crippen LogP contribution in [0.25, 0.3) is 10.2 Å². The molecule has 0 saturated carbocycles. The van der Waals surface area contributed by atoms with Crippen LogP contribution < -0.4 is 16.2 Å². The minimum Gasteiger partial charge on any atom is -0.462 e. The molecule has 38 heavy (non-hydrogen) atoms. The standard InChI is InChI=1S/C28H28N4O5S/c1-4-5-14-37-28(36)19-10-12-20(13-11-19)30-22(33)15-32-16-29-26-23(27(32)35)18(3)24(38-26)25(34)31-21-9-7-6-8-17(21)2/h6-13,16H,4-5,14-15H2,1-3H3,(H,30,33)(H,31,34). The Bertz CT molecular complexity index is 1560. The van der Waals surface area contributed by atoms with E-state index in [1.807, 2.05) is 38.1 Å². The number of para-hydroxylation sites is 1. The van der Waals surface area contributed by atoms with Crippen LogP contribution in [0.5, 0.6) is 0 Å². The lowest BCUT2D eigenvalue weighted by atomic mass is 10.2. The molecule has 2 N–H and O–H groups in total. The van der Waals surface area contributed by atoms with Gasteiger partial charge in [-0.15, -0.1) is 11.3 Å². The number of hydrogen-bond acceptors (Lipinski definition) is 7. The minimum atomic E-state index is -0.433. The van der Waals surface area contributed by atoms with Crippen molar-refractivity contribution < 1.29 is 19.1 Å². The first-order valence-corrected chi connectivity index (χ1v) is 13.0. The first-order valence-electron chi connectivity index (χ1n) is 12.2. The van der Waals surface area contributed by atoms with Gasteiger partial charge in [-0.25, -0.2) is 9.78 Å². The summed E-state index contributed by atoms with van der Waals surface area (Å²) < 4.78 is 6.39. The molecule has 0 aliphatic carbocycles. The van der Waals surface area contributed by atoms with Crippen molar-refractivity contribution in [1.29, 1.82) is 0 Å². The van der Waals surface area contributed by atoms with E-state index >= 15 is 0 Å². The van der Waals surface area contributed by atoms with E-state index in [9.17, 15) is 19.2 Å². The normalized spacial score (nSPS) is 10.8. The summed E-state index contributed by atoms with van der Waals surface area (Å²) in [5, 5.41) is 5.91. The van der Waals surface area contributed by atoms with Crippen LogP contribution >= 0.6 is 11.3 Å². The third-order valence-electron chi connectivity index (χ3n) is 5.97. The number of benzene rings is 2. The second-order valence-corrected chi connectivity index (χ2v) is 9.80. The number of aryl methyl sites for hydroxylation is 2. The smallest absolute Gasteiger partial charge is 0.338 e. The molecule has 2 aromatic heterocycles. The Kier molecular flexibility index (Phi) is 8.32. The molecule has 4 rings (SSSR count). The summed E-state index contributed by atoms with van der Waals surface area (Å²) in [7, 11) is 0. The van der Waals surface area contributed by atoms with Crippen molar-refractivity contribution in [3.63, 3.8) is 0 Å². The zero-order valence-corrected chi connectivity index (χ0v) is 22.2. The number of amides is 2. The number of carbonyl (C=O) groups is 3. The fraction of sp³-hybridized carbons (Fsp3) is 0.250. The fourth-order valence-electron chi connectivity index (χ4n) is 3.82. The van der Waals surface area contributed by atoms with Crippen molar-refractivity contribution in [2.24, 2.45) is 0 Å². The van der Waals surface area contributed by atoms with E-state index in [2.05, 4.69) is 15.6 Å². The molecule has 2 amide bonds. The molecule has 196 valence electrons. The third kappa shape index (κ3) is 5.97. The largest absolute Gasteiger partial charge is 0.462 e. The number of unbranched alkanes of at least 4 members (excludes halogenated alkanes) is 1. The minimum absolute atomic E-state index is 0.261. The molecule has 2 heterocycles. The average Bonchev–Trinajstić information content (AvgIpc) is 3.24. The zero-order chi connectivity index (χ0) is 27.2. The van der Waals surface area contributed by atoms with Crippen molar-refractivity contribution in [2.75, 3.05) is 17.2 Å². The number of ether oxygens (including phenoxy) is 1. The lowest BCUT2D eigenvalue weighted by molar-refractivity contribution is -0.116. The summed E-state index contributed by atoms with van der Waals surface area (Å²) in [5.74, 6) is -1.17. The van der Waals surface area contributed by atoms with Crippen LogP contribution in [0, 0.1) is 13.8 Å². The Morgan fingerprint density at radius 3 is 2.47 bits per heavy atom. The maximum atomic E-state index is 13.2. The number of esters is 1. The van der Waals surface area contributed by atoms with Crippen molar-refractivity contribution >= 4 is 50.7 Å². The highest BCUT2D eigenvalue weighted by Gasteiger charge is 2.20. The van der Waals surface area contributed by atoms with Crippen molar-refractivity contribution in [3.05, 3.63) is 86.8 Å². The Hall–Kier alpha value is -4.31. The molecule has 0 radical (unpaired) electrons. The van der Waals surface area contributed by atoms with Gasteiger partial charge >= 0.3 is 5.97 Å². The van der Waals surface area contributed by atoms with Crippen molar-refractivity contribution in [3.8, 4) is 0 Å². The molecule has 0 unspecified atom stereocenters. The van der Waals surface area contributed by atoms with E-state index in [0.717, 1.165) is 29.7 Å². The van der Waals surface area contributed by atoms with E-state index in [4.69, 9.17) is 4.74 Å². The van der Waals surface area contributed by atoms with Gasteiger partial charge in [-0.2, -0.15) is 0 Å². The summed E-state index contributed by atoms with van der Waals surface area (Å²) >= 11 is 1.14. The monoisotopic (exact) mass is 532 g/mol. The van der Waals surface area contributed by atoms with Gasteiger partial charge < -0.3 is 15.4 Å². The summed E-state index contributed by atoms with van der Waals surface area (Å²) in [6.45, 7) is 5.72. The first kappa shape index (κ1) is 26.7. The molecule has 0 saturated heterocycles. The summed E-state index contributed by atoms with van der Waals surface area (Å²) in [4.78, 5) is 55.9. The van der Waals surface area contributed by atoms with Gasteiger partial charge in [0.25, 0.3) is 11.5 Å². The van der Waals surface area contributed by atoms with Gasteiger partial charge in [0, 0.05) is 11.4 Å².